The molecule has 1 aliphatic rings. The maximum absolute atomic E-state index is 11.6. The van der Waals surface area contributed by atoms with Crippen molar-refractivity contribution >= 4 is 17.6 Å². The number of carboxylic acid groups (broad SMARTS) is 1. The van der Waals surface area contributed by atoms with Crippen LogP contribution in [0.3, 0.4) is 0 Å². The van der Waals surface area contributed by atoms with Gasteiger partial charge in [0.05, 0.1) is 18.2 Å². The van der Waals surface area contributed by atoms with Crippen LogP contribution in [0, 0.1) is 0 Å². The summed E-state index contributed by atoms with van der Waals surface area (Å²) in [5.74, 6) is -1.03. The van der Waals surface area contributed by atoms with E-state index < -0.39 is 5.97 Å². The van der Waals surface area contributed by atoms with Gasteiger partial charge in [0.15, 0.2) is 0 Å². The third-order valence-electron chi connectivity index (χ3n) is 3.16. The molecule has 1 aromatic rings. The van der Waals surface area contributed by atoms with Crippen LogP contribution in [0.2, 0.25) is 0 Å². The average Bonchev–Trinajstić information content (AvgIpc) is 2.36. The monoisotopic (exact) mass is 249 g/mol. The van der Waals surface area contributed by atoms with Gasteiger partial charge in [0, 0.05) is 26.1 Å². The molecule has 1 aliphatic heterocycles. The van der Waals surface area contributed by atoms with Crippen molar-refractivity contribution in [2.75, 3.05) is 18.6 Å². The molecule has 0 saturated carbocycles. The van der Waals surface area contributed by atoms with Gasteiger partial charge in [-0.15, -0.1) is 0 Å². The fourth-order valence-electron chi connectivity index (χ4n) is 2.21. The van der Waals surface area contributed by atoms with E-state index >= 15 is 0 Å². The third-order valence-corrected chi connectivity index (χ3v) is 3.16. The predicted octanol–water partition coefficient (Wildman–Crippen LogP) is 1.31. The van der Waals surface area contributed by atoms with E-state index in [4.69, 9.17) is 9.84 Å². The van der Waals surface area contributed by atoms with Crippen molar-refractivity contribution in [2.24, 2.45) is 0 Å². The number of carboxylic acids is 1. The number of rotatable bonds is 2. The van der Waals surface area contributed by atoms with Crippen LogP contribution in [0.1, 0.15) is 22.8 Å². The van der Waals surface area contributed by atoms with Gasteiger partial charge in [-0.3, -0.25) is 4.79 Å². The summed E-state index contributed by atoms with van der Waals surface area (Å²) in [5, 5.41) is 8.97. The minimum absolute atomic E-state index is 0.0684. The summed E-state index contributed by atoms with van der Waals surface area (Å²) in [5.41, 5.74) is 1.85. The SMILES string of the molecule is COC1Cc2cc(C(=O)O)ccc2N(C(C)=O)C1. The Morgan fingerprint density at radius 3 is 2.72 bits per heavy atom. The second kappa shape index (κ2) is 4.78. The molecule has 2 rings (SSSR count). The lowest BCUT2D eigenvalue weighted by Gasteiger charge is -2.33. The van der Waals surface area contributed by atoms with Crippen LogP contribution >= 0.6 is 0 Å². The second-order valence-electron chi connectivity index (χ2n) is 4.34. The summed E-state index contributed by atoms with van der Waals surface area (Å²) in [4.78, 5) is 24.2. The molecule has 0 aromatic heterocycles. The normalized spacial score (nSPS) is 18.3. The zero-order valence-electron chi connectivity index (χ0n) is 10.3. The van der Waals surface area contributed by atoms with E-state index in [1.807, 2.05) is 0 Å². The second-order valence-corrected chi connectivity index (χ2v) is 4.34. The van der Waals surface area contributed by atoms with Gasteiger partial charge in [-0.2, -0.15) is 0 Å². The summed E-state index contributed by atoms with van der Waals surface area (Å²) < 4.78 is 5.29. The molecule has 18 heavy (non-hydrogen) atoms. The smallest absolute Gasteiger partial charge is 0.335 e. The Morgan fingerprint density at radius 1 is 1.44 bits per heavy atom. The lowest BCUT2D eigenvalue weighted by molar-refractivity contribution is -0.117. The van der Waals surface area contributed by atoms with Crippen LogP contribution in [0.4, 0.5) is 5.69 Å². The van der Waals surface area contributed by atoms with Crippen molar-refractivity contribution < 1.29 is 19.4 Å². The van der Waals surface area contributed by atoms with Crippen LogP contribution in [-0.2, 0) is 16.0 Å². The van der Waals surface area contributed by atoms with Crippen molar-refractivity contribution in [1.82, 2.24) is 0 Å². The zero-order valence-corrected chi connectivity index (χ0v) is 10.3. The number of carbonyl (C=O) groups is 2. The highest BCUT2D eigenvalue weighted by Gasteiger charge is 2.27. The van der Waals surface area contributed by atoms with Crippen LogP contribution in [0.25, 0.3) is 0 Å². The highest BCUT2D eigenvalue weighted by atomic mass is 16.5. The molecule has 1 amide bonds. The van der Waals surface area contributed by atoms with Gasteiger partial charge < -0.3 is 14.7 Å². The number of ether oxygens (including phenoxy) is 1. The molecule has 0 radical (unpaired) electrons. The maximum atomic E-state index is 11.6. The van der Waals surface area contributed by atoms with E-state index in [2.05, 4.69) is 0 Å². The van der Waals surface area contributed by atoms with Crippen molar-refractivity contribution in [1.29, 1.82) is 0 Å². The van der Waals surface area contributed by atoms with Crippen molar-refractivity contribution in [2.45, 2.75) is 19.4 Å². The number of aromatic carboxylic acids is 1. The van der Waals surface area contributed by atoms with E-state index in [9.17, 15) is 9.59 Å². The first kappa shape index (κ1) is 12.6. The predicted molar refractivity (Wildman–Crippen MR) is 65.9 cm³/mol. The first-order chi connectivity index (χ1) is 8.52. The first-order valence-corrected chi connectivity index (χ1v) is 5.70. The Kier molecular flexibility index (Phi) is 3.34. The fraction of sp³-hybridized carbons (Fsp3) is 0.385. The number of fused-ring (bicyclic) bond motifs is 1. The summed E-state index contributed by atoms with van der Waals surface area (Å²) in [6.45, 7) is 2.00. The number of carbonyl (C=O) groups excluding carboxylic acids is 1. The van der Waals surface area contributed by atoms with Crippen LogP contribution < -0.4 is 4.90 Å². The molecule has 1 atom stereocenters. The molecule has 0 saturated heterocycles. The Balaban J connectivity index is 2.45. The van der Waals surface area contributed by atoms with Gasteiger partial charge in [0.1, 0.15) is 0 Å². The Hall–Kier alpha value is -1.88. The molecular formula is C13H15NO4. The van der Waals surface area contributed by atoms with Crippen molar-refractivity contribution in [3.63, 3.8) is 0 Å². The largest absolute Gasteiger partial charge is 0.478 e. The summed E-state index contributed by atoms with van der Waals surface area (Å²) in [7, 11) is 1.59. The molecule has 5 heteroatoms. The first-order valence-electron chi connectivity index (χ1n) is 5.70. The molecule has 0 bridgehead atoms. The minimum atomic E-state index is -0.966. The van der Waals surface area contributed by atoms with Gasteiger partial charge in [0.25, 0.3) is 0 Å². The van der Waals surface area contributed by atoms with Crippen LogP contribution in [0.5, 0.6) is 0 Å². The molecular weight excluding hydrogens is 234 g/mol. The molecule has 1 N–H and O–H groups in total. The number of amides is 1. The molecule has 0 spiro atoms. The standard InChI is InChI=1S/C13H15NO4/c1-8(15)14-7-11(18-2)6-10-5-9(13(16)17)3-4-12(10)14/h3-5,11H,6-7H2,1-2H3,(H,16,17). The Labute approximate surface area is 105 Å². The lowest BCUT2D eigenvalue weighted by Crippen LogP contribution is -2.42. The number of methoxy groups -OCH3 is 1. The average molecular weight is 249 g/mol. The number of benzene rings is 1. The van der Waals surface area contributed by atoms with Gasteiger partial charge in [-0.25, -0.2) is 4.79 Å². The molecule has 0 fully saturated rings. The lowest BCUT2D eigenvalue weighted by atomic mass is 9.97. The van der Waals surface area contributed by atoms with E-state index in [0.717, 1.165) is 11.3 Å². The molecule has 96 valence electrons. The van der Waals surface area contributed by atoms with Gasteiger partial charge in [-0.05, 0) is 23.8 Å². The van der Waals surface area contributed by atoms with E-state index in [-0.39, 0.29) is 17.6 Å². The maximum Gasteiger partial charge on any atom is 0.335 e. The number of hydrogen-bond acceptors (Lipinski definition) is 3. The highest BCUT2D eigenvalue weighted by molar-refractivity contribution is 5.94. The van der Waals surface area contributed by atoms with E-state index in [1.54, 1.807) is 24.1 Å². The Morgan fingerprint density at radius 2 is 2.17 bits per heavy atom. The van der Waals surface area contributed by atoms with Crippen molar-refractivity contribution in [3.8, 4) is 0 Å². The number of anilines is 1. The van der Waals surface area contributed by atoms with Gasteiger partial charge in [0.2, 0.25) is 5.91 Å². The third kappa shape index (κ3) is 2.22. The zero-order chi connectivity index (χ0) is 13.3. The van der Waals surface area contributed by atoms with Crippen LogP contribution in [0.15, 0.2) is 18.2 Å². The quantitative estimate of drug-likeness (QED) is 0.858. The fourth-order valence-corrected chi connectivity index (χ4v) is 2.21. The molecule has 1 heterocycles. The summed E-state index contributed by atoms with van der Waals surface area (Å²) >= 11 is 0. The molecule has 0 aliphatic carbocycles. The van der Waals surface area contributed by atoms with Gasteiger partial charge >= 0.3 is 5.97 Å². The molecule has 1 unspecified atom stereocenters. The number of nitrogens with zero attached hydrogens (tertiary/aromatic N) is 1. The number of hydrogen-bond donors (Lipinski definition) is 1. The van der Waals surface area contributed by atoms with Crippen molar-refractivity contribution in [3.05, 3.63) is 29.3 Å². The highest BCUT2D eigenvalue weighted by Crippen LogP contribution is 2.29. The topological polar surface area (TPSA) is 66.8 Å². The minimum Gasteiger partial charge on any atom is -0.478 e. The summed E-state index contributed by atoms with van der Waals surface area (Å²) in [6.07, 6.45) is 0.530. The van der Waals surface area contributed by atoms with Gasteiger partial charge in [-0.1, -0.05) is 0 Å². The molecule has 5 nitrogen and oxygen atoms in total. The summed E-state index contributed by atoms with van der Waals surface area (Å²) in [6, 6.07) is 4.81. The van der Waals surface area contributed by atoms with Crippen LogP contribution in [-0.4, -0.2) is 36.7 Å². The van der Waals surface area contributed by atoms with E-state index in [0.29, 0.717) is 13.0 Å². The van der Waals surface area contributed by atoms with E-state index in [1.165, 1.54) is 13.0 Å². The Bertz CT molecular complexity index is 498. The molecule has 1 aromatic carbocycles.